The van der Waals surface area contributed by atoms with Crippen molar-refractivity contribution in [2.75, 3.05) is 5.75 Å². The Kier molecular flexibility index (Phi) is 6.77. The van der Waals surface area contributed by atoms with E-state index in [1.165, 1.54) is 28.8 Å². The summed E-state index contributed by atoms with van der Waals surface area (Å²) in [6.45, 7) is 6.03. The number of carbonyl (C=O) groups is 1. The number of fused-ring (bicyclic) bond motifs is 3. The molecule has 5 aromatic rings. The molecule has 1 aliphatic rings. The zero-order chi connectivity index (χ0) is 27.3. The molecule has 1 aliphatic carbocycles. The monoisotopic (exact) mass is 557 g/mol. The van der Waals surface area contributed by atoms with Gasteiger partial charge in [0.1, 0.15) is 10.6 Å². The third-order valence-electron chi connectivity index (χ3n) is 7.44. The number of hydrogen-bond donors (Lipinski definition) is 0. The Morgan fingerprint density at radius 2 is 1.85 bits per heavy atom. The Bertz CT molecular complexity index is 1790. The van der Waals surface area contributed by atoms with Crippen molar-refractivity contribution in [2.24, 2.45) is 5.92 Å². The fourth-order valence-electron chi connectivity index (χ4n) is 5.54. The summed E-state index contributed by atoms with van der Waals surface area (Å²) in [5, 5.41) is 1.23. The molecule has 3 heterocycles. The number of benzene rings is 2. The highest BCUT2D eigenvalue weighted by atomic mass is 32.2. The molecule has 0 amide bonds. The highest BCUT2D eigenvalue weighted by molar-refractivity contribution is 7.99. The maximum absolute atomic E-state index is 14.0. The van der Waals surface area contributed by atoms with Crippen LogP contribution >= 0.6 is 23.1 Å². The lowest BCUT2D eigenvalue weighted by Gasteiger charge is -2.17. The first-order valence-electron chi connectivity index (χ1n) is 13.1. The van der Waals surface area contributed by atoms with Crippen LogP contribution in [0.3, 0.4) is 0 Å². The second kappa shape index (κ2) is 10.2. The molecule has 0 saturated heterocycles. The van der Waals surface area contributed by atoms with Gasteiger partial charge in [0.25, 0.3) is 5.56 Å². The molecule has 1 atom stereocenters. The van der Waals surface area contributed by atoms with Crippen molar-refractivity contribution in [1.29, 1.82) is 0 Å². The summed E-state index contributed by atoms with van der Waals surface area (Å²) < 4.78 is 17.4. The lowest BCUT2D eigenvalue weighted by molar-refractivity contribution is 0.102. The molecular formula is C31H28FN3O2S2. The molecule has 198 valence electrons. The second-order valence-corrected chi connectivity index (χ2v) is 12.2. The van der Waals surface area contributed by atoms with Crippen molar-refractivity contribution in [3.05, 3.63) is 104 Å². The highest BCUT2D eigenvalue weighted by Crippen LogP contribution is 2.37. The molecule has 1 unspecified atom stereocenters. The third-order valence-corrected chi connectivity index (χ3v) is 9.53. The van der Waals surface area contributed by atoms with E-state index in [9.17, 15) is 14.0 Å². The summed E-state index contributed by atoms with van der Waals surface area (Å²) in [4.78, 5) is 34.4. The van der Waals surface area contributed by atoms with Gasteiger partial charge in [-0.1, -0.05) is 43.0 Å². The van der Waals surface area contributed by atoms with Gasteiger partial charge in [-0.15, -0.1) is 11.3 Å². The molecule has 39 heavy (non-hydrogen) atoms. The minimum Gasteiger partial charge on any atom is -0.318 e. The molecule has 0 aliphatic heterocycles. The summed E-state index contributed by atoms with van der Waals surface area (Å²) >= 11 is 2.90. The SMILES string of the molecule is Cc1cc(C(=O)CSc2nc3sc4c(c3c(=O)n2-c2ccccc2)CCC(C)C4)c(C)n1-c1cccc(F)c1. The normalized spacial score (nSPS) is 15.0. The molecule has 0 fully saturated rings. The maximum Gasteiger partial charge on any atom is 0.267 e. The van der Waals surface area contributed by atoms with Crippen molar-refractivity contribution < 1.29 is 9.18 Å². The van der Waals surface area contributed by atoms with Crippen LogP contribution in [0.4, 0.5) is 4.39 Å². The molecule has 6 rings (SSSR count). The van der Waals surface area contributed by atoms with E-state index < -0.39 is 0 Å². The number of Topliss-reactive ketones (excluding diaryl/α,β-unsaturated/α-hetero) is 1. The second-order valence-electron chi connectivity index (χ2n) is 10.2. The molecule has 3 aromatic heterocycles. The van der Waals surface area contributed by atoms with Crippen LogP contribution in [0.5, 0.6) is 0 Å². The number of rotatable bonds is 6. The Balaban J connectivity index is 1.38. The number of aryl methyl sites for hydroxylation is 2. The van der Waals surface area contributed by atoms with Gasteiger partial charge in [-0.3, -0.25) is 14.2 Å². The van der Waals surface area contributed by atoms with Crippen LogP contribution in [0, 0.1) is 25.6 Å². The average molecular weight is 558 g/mol. The van der Waals surface area contributed by atoms with Gasteiger partial charge in [-0.25, -0.2) is 9.37 Å². The molecule has 8 heteroatoms. The number of thioether (sulfide) groups is 1. The van der Waals surface area contributed by atoms with Gasteiger partial charge in [0.05, 0.1) is 16.8 Å². The molecule has 0 bridgehead atoms. The van der Waals surface area contributed by atoms with E-state index in [4.69, 9.17) is 4.98 Å². The van der Waals surface area contributed by atoms with E-state index in [2.05, 4.69) is 6.92 Å². The zero-order valence-electron chi connectivity index (χ0n) is 22.0. The fraction of sp³-hybridized carbons (Fsp3) is 0.258. The number of para-hydroxylation sites is 1. The molecule has 0 N–H and O–H groups in total. The van der Waals surface area contributed by atoms with Crippen molar-refractivity contribution in [2.45, 2.75) is 45.2 Å². The van der Waals surface area contributed by atoms with E-state index in [0.29, 0.717) is 22.3 Å². The van der Waals surface area contributed by atoms with Crippen LogP contribution in [0.15, 0.2) is 70.6 Å². The van der Waals surface area contributed by atoms with Crippen LogP contribution in [-0.4, -0.2) is 25.7 Å². The van der Waals surface area contributed by atoms with Gasteiger partial charge >= 0.3 is 0 Å². The quantitative estimate of drug-likeness (QED) is 0.127. The van der Waals surface area contributed by atoms with E-state index >= 15 is 0 Å². The molecule has 2 aromatic carbocycles. The van der Waals surface area contributed by atoms with E-state index in [-0.39, 0.29) is 22.9 Å². The summed E-state index contributed by atoms with van der Waals surface area (Å²) in [6, 6.07) is 17.7. The summed E-state index contributed by atoms with van der Waals surface area (Å²) in [5.41, 5.74) is 4.68. The first-order chi connectivity index (χ1) is 18.8. The van der Waals surface area contributed by atoms with Crippen molar-refractivity contribution in [1.82, 2.24) is 14.1 Å². The Hall–Kier alpha value is -3.49. The van der Waals surface area contributed by atoms with Crippen molar-refractivity contribution in [3.8, 4) is 11.4 Å². The van der Waals surface area contributed by atoms with Crippen LogP contribution in [-0.2, 0) is 12.8 Å². The number of halogens is 1. The molecule has 0 spiro atoms. The number of carbonyl (C=O) groups excluding carboxylic acids is 1. The van der Waals surface area contributed by atoms with Crippen LogP contribution in [0.1, 0.15) is 45.5 Å². The van der Waals surface area contributed by atoms with Crippen molar-refractivity contribution >= 4 is 39.1 Å². The number of ketones is 1. The smallest absolute Gasteiger partial charge is 0.267 e. The van der Waals surface area contributed by atoms with Gasteiger partial charge in [-0.05, 0) is 81.0 Å². The minimum absolute atomic E-state index is 0.0657. The molecule has 0 radical (unpaired) electrons. The van der Waals surface area contributed by atoms with Crippen LogP contribution < -0.4 is 5.56 Å². The first kappa shape index (κ1) is 25.8. The molecule has 0 saturated carbocycles. The third kappa shape index (κ3) is 4.66. The largest absolute Gasteiger partial charge is 0.318 e. The van der Waals surface area contributed by atoms with Gasteiger partial charge in [-0.2, -0.15) is 0 Å². The van der Waals surface area contributed by atoms with Crippen LogP contribution in [0.25, 0.3) is 21.6 Å². The van der Waals surface area contributed by atoms with Crippen LogP contribution in [0.2, 0.25) is 0 Å². The Labute approximate surface area is 234 Å². The van der Waals surface area contributed by atoms with E-state index in [1.807, 2.05) is 60.9 Å². The van der Waals surface area contributed by atoms with E-state index in [0.717, 1.165) is 52.1 Å². The first-order valence-corrected chi connectivity index (χ1v) is 14.9. The van der Waals surface area contributed by atoms with Crippen molar-refractivity contribution in [3.63, 3.8) is 0 Å². The Morgan fingerprint density at radius 1 is 1.08 bits per heavy atom. The predicted octanol–water partition coefficient (Wildman–Crippen LogP) is 7.09. The topological polar surface area (TPSA) is 56.9 Å². The molecule has 5 nitrogen and oxygen atoms in total. The lowest BCUT2D eigenvalue weighted by Crippen LogP contribution is -2.23. The Morgan fingerprint density at radius 3 is 2.62 bits per heavy atom. The standard InChI is InChI=1S/C31H28FN3O2S2/c1-18-12-13-24-27(14-18)39-29-28(24)30(37)35(22-9-5-4-6-10-22)31(33-29)38-17-26(36)25-15-19(2)34(20(25)3)23-11-7-8-21(32)16-23/h4-11,15-16,18H,12-14,17H2,1-3H3. The highest BCUT2D eigenvalue weighted by Gasteiger charge is 2.26. The number of thiophene rings is 1. The zero-order valence-corrected chi connectivity index (χ0v) is 23.7. The van der Waals surface area contributed by atoms with E-state index in [1.54, 1.807) is 22.0 Å². The summed E-state index contributed by atoms with van der Waals surface area (Å²) in [6.07, 6.45) is 2.94. The summed E-state index contributed by atoms with van der Waals surface area (Å²) in [7, 11) is 0. The number of aromatic nitrogens is 3. The summed E-state index contributed by atoms with van der Waals surface area (Å²) in [5.74, 6) is 0.331. The van der Waals surface area contributed by atoms with Gasteiger partial charge in [0.2, 0.25) is 0 Å². The van der Waals surface area contributed by atoms with Gasteiger partial charge < -0.3 is 4.57 Å². The predicted molar refractivity (Wildman–Crippen MR) is 157 cm³/mol. The lowest BCUT2D eigenvalue weighted by atomic mass is 9.89. The maximum atomic E-state index is 14.0. The fourth-order valence-corrected chi connectivity index (χ4v) is 7.86. The number of hydrogen-bond acceptors (Lipinski definition) is 5. The minimum atomic E-state index is -0.325. The average Bonchev–Trinajstić information content (AvgIpc) is 3.43. The number of nitrogens with zero attached hydrogens (tertiary/aromatic N) is 3. The van der Waals surface area contributed by atoms with Gasteiger partial charge in [0.15, 0.2) is 10.9 Å². The van der Waals surface area contributed by atoms with Gasteiger partial charge in [0, 0.05) is 27.5 Å². The molecular weight excluding hydrogens is 529 g/mol.